The molecule has 0 unspecified atom stereocenters. The Balaban J connectivity index is 1.96. The van der Waals surface area contributed by atoms with Crippen LogP contribution in [0, 0.1) is 17.3 Å². The summed E-state index contributed by atoms with van der Waals surface area (Å²) < 4.78 is 12.1. The van der Waals surface area contributed by atoms with Crippen LogP contribution in [0.5, 0.6) is 0 Å². The lowest BCUT2D eigenvalue weighted by molar-refractivity contribution is -0.177. The molecule has 0 bridgehead atoms. The highest BCUT2D eigenvalue weighted by Gasteiger charge is 2.54. The molecule has 0 aromatic rings. The van der Waals surface area contributed by atoms with E-state index in [2.05, 4.69) is 46.5 Å². The Labute approximate surface area is 137 Å². The van der Waals surface area contributed by atoms with Crippen molar-refractivity contribution in [3.8, 4) is 0 Å². The lowest BCUT2D eigenvalue weighted by Gasteiger charge is -2.55. The lowest BCUT2D eigenvalue weighted by atomic mass is 9.61. The standard InChI is InChI=1S/C19H34O2Si/c1-14(2)15-11-16-13-19(20-9-10-21-19)8-7-18(16,3)17(12-15)22(4,5)6/h11,14-15,17H,7-10,12-13H2,1-6H3/t15-,17+,18+/m0/s1. The number of hydrogen-bond acceptors (Lipinski definition) is 2. The first-order valence-electron chi connectivity index (χ1n) is 9.15. The number of allylic oxidation sites excluding steroid dienone is 1. The van der Waals surface area contributed by atoms with Gasteiger partial charge < -0.3 is 9.47 Å². The van der Waals surface area contributed by atoms with Crippen LogP contribution in [0.4, 0.5) is 0 Å². The second-order valence-corrected chi connectivity index (χ2v) is 14.9. The summed E-state index contributed by atoms with van der Waals surface area (Å²) in [5.74, 6) is 1.18. The second-order valence-electron chi connectivity index (χ2n) is 9.46. The Hall–Kier alpha value is -0.123. The van der Waals surface area contributed by atoms with Gasteiger partial charge in [-0.15, -0.1) is 0 Å². The lowest BCUT2D eigenvalue weighted by Crippen LogP contribution is -2.50. The maximum atomic E-state index is 6.04. The van der Waals surface area contributed by atoms with Crippen molar-refractivity contribution in [1.29, 1.82) is 0 Å². The molecular weight excluding hydrogens is 288 g/mol. The van der Waals surface area contributed by atoms with Crippen molar-refractivity contribution in [2.45, 2.75) is 77.4 Å². The van der Waals surface area contributed by atoms with Gasteiger partial charge in [0.15, 0.2) is 5.79 Å². The van der Waals surface area contributed by atoms with Crippen LogP contribution >= 0.6 is 0 Å². The normalized spacial score (nSPS) is 38.2. The molecule has 0 radical (unpaired) electrons. The molecule has 1 saturated heterocycles. The molecule has 2 aliphatic carbocycles. The molecule has 1 spiro atoms. The second kappa shape index (κ2) is 5.46. The van der Waals surface area contributed by atoms with Crippen LogP contribution in [0.1, 0.15) is 46.5 Å². The molecule has 2 nitrogen and oxygen atoms in total. The van der Waals surface area contributed by atoms with E-state index >= 15 is 0 Å². The van der Waals surface area contributed by atoms with Crippen molar-refractivity contribution < 1.29 is 9.47 Å². The molecule has 22 heavy (non-hydrogen) atoms. The van der Waals surface area contributed by atoms with Crippen LogP contribution in [0.2, 0.25) is 25.2 Å². The predicted molar refractivity (Wildman–Crippen MR) is 94.7 cm³/mol. The van der Waals surface area contributed by atoms with E-state index in [4.69, 9.17) is 9.47 Å². The molecule has 3 aliphatic rings. The summed E-state index contributed by atoms with van der Waals surface area (Å²) in [5, 5.41) is 0. The zero-order valence-electron chi connectivity index (χ0n) is 15.4. The van der Waals surface area contributed by atoms with Gasteiger partial charge in [0.2, 0.25) is 0 Å². The van der Waals surface area contributed by atoms with Crippen LogP contribution in [0.25, 0.3) is 0 Å². The third-order valence-corrected chi connectivity index (χ3v) is 9.59. The Kier molecular flexibility index (Phi) is 4.15. The van der Waals surface area contributed by atoms with Crippen molar-refractivity contribution in [3.63, 3.8) is 0 Å². The van der Waals surface area contributed by atoms with Crippen molar-refractivity contribution in [3.05, 3.63) is 11.6 Å². The Bertz CT molecular complexity index is 457. The number of hydrogen-bond donors (Lipinski definition) is 0. The fraction of sp³-hybridized carbons (Fsp3) is 0.895. The molecule has 0 amide bonds. The molecule has 3 heteroatoms. The van der Waals surface area contributed by atoms with Crippen LogP contribution in [-0.2, 0) is 9.47 Å². The third kappa shape index (κ3) is 2.74. The monoisotopic (exact) mass is 322 g/mol. The molecule has 3 atom stereocenters. The van der Waals surface area contributed by atoms with E-state index in [1.54, 1.807) is 5.57 Å². The summed E-state index contributed by atoms with van der Waals surface area (Å²) in [4.78, 5) is 0. The number of ether oxygens (including phenoxy) is 2. The highest BCUT2D eigenvalue weighted by molar-refractivity contribution is 6.77. The average Bonchev–Trinajstić information content (AvgIpc) is 2.85. The average molecular weight is 323 g/mol. The molecule has 0 N–H and O–H groups in total. The number of rotatable bonds is 2. The minimum absolute atomic E-state index is 0.284. The smallest absolute Gasteiger partial charge is 0.172 e. The predicted octanol–water partition coefficient (Wildman–Crippen LogP) is 5.23. The van der Waals surface area contributed by atoms with Gasteiger partial charge in [0.05, 0.1) is 13.2 Å². The van der Waals surface area contributed by atoms with Gasteiger partial charge in [-0.05, 0) is 35.6 Å². The van der Waals surface area contributed by atoms with Gasteiger partial charge in [0, 0.05) is 20.9 Å². The van der Waals surface area contributed by atoms with Crippen LogP contribution in [-0.4, -0.2) is 27.1 Å². The molecule has 2 fully saturated rings. The molecule has 1 saturated carbocycles. The quantitative estimate of drug-likeness (QED) is 0.512. The zero-order chi connectivity index (χ0) is 16.2. The molecule has 1 aliphatic heterocycles. The van der Waals surface area contributed by atoms with Gasteiger partial charge in [-0.2, -0.15) is 0 Å². The third-order valence-electron chi connectivity index (χ3n) is 6.63. The van der Waals surface area contributed by atoms with Gasteiger partial charge in [0.25, 0.3) is 0 Å². The van der Waals surface area contributed by atoms with Crippen LogP contribution < -0.4 is 0 Å². The van der Waals surface area contributed by atoms with E-state index in [1.165, 1.54) is 12.8 Å². The molecule has 0 aromatic heterocycles. The topological polar surface area (TPSA) is 18.5 Å². The fourth-order valence-electron chi connectivity index (χ4n) is 5.21. The largest absolute Gasteiger partial charge is 0.347 e. The van der Waals surface area contributed by atoms with E-state index in [1.807, 2.05) is 0 Å². The van der Waals surface area contributed by atoms with Gasteiger partial charge >= 0.3 is 0 Å². The summed E-state index contributed by atoms with van der Waals surface area (Å²) in [6, 6.07) is 0. The van der Waals surface area contributed by atoms with Gasteiger partial charge in [-0.3, -0.25) is 0 Å². The summed E-state index contributed by atoms with van der Waals surface area (Å²) in [6.45, 7) is 16.5. The molecule has 126 valence electrons. The summed E-state index contributed by atoms with van der Waals surface area (Å²) in [6.07, 6.45) is 7.33. The fourth-order valence-corrected chi connectivity index (χ4v) is 8.43. The minimum atomic E-state index is -1.20. The van der Waals surface area contributed by atoms with E-state index in [-0.39, 0.29) is 5.79 Å². The van der Waals surface area contributed by atoms with Crippen LogP contribution in [0.3, 0.4) is 0 Å². The van der Waals surface area contributed by atoms with E-state index in [0.717, 1.165) is 43.4 Å². The Morgan fingerprint density at radius 3 is 2.32 bits per heavy atom. The first-order chi connectivity index (χ1) is 10.2. The van der Waals surface area contributed by atoms with Crippen LogP contribution in [0.15, 0.2) is 11.6 Å². The highest BCUT2D eigenvalue weighted by atomic mass is 28.3. The molecule has 3 rings (SSSR count). The molecule has 0 aromatic carbocycles. The van der Waals surface area contributed by atoms with Crippen molar-refractivity contribution in [1.82, 2.24) is 0 Å². The van der Waals surface area contributed by atoms with Crippen molar-refractivity contribution in [2.24, 2.45) is 17.3 Å². The maximum Gasteiger partial charge on any atom is 0.172 e. The van der Waals surface area contributed by atoms with Gasteiger partial charge in [0.1, 0.15) is 0 Å². The summed E-state index contributed by atoms with van der Waals surface area (Å²) in [5.41, 5.74) is 2.92. The first kappa shape index (κ1) is 16.7. The van der Waals surface area contributed by atoms with Crippen molar-refractivity contribution in [2.75, 3.05) is 13.2 Å². The number of fused-ring (bicyclic) bond motifs is 1. The summed E-state index contributed by atoms with van der Waals surface area (Å²) >= 11 is 0. The van der Waals surface area contributed by atoms with Crippen molar-refractivity contribution >= 4 is 8.07 Å². The maximum absolute atomic E-state index is 6.04. The Morgan fingerprint density at radius 2 is 1.77 bits per heavy atom. The van der Waals surface area contributed by atoms with E-state index in [9.17, 15) is 0 Å². The first-order valence-corrected chi connectivity index (χ1v) is 12.7. The van der Waals surface area contributed by atoms with Gasteiger partial charge in [-0.25, -0.2) is 0 Å². The van der Waals surface area contributed by atoms with E-state index in [0.29, 0.717) is 5.41 Å². The zero-order valence-corrected chi connectivity index (χ0v) is 16.4. The minimum Gasteiger partial charge on any atom is -0.347 e. The molecular formula is C19H34O2Si. The van der Waals surface area contributed by atoms with Gasteiger partial charge in [-0.1, -0.05) is 52.1 Å². The highest BCUT2D eigenvalue weighted by Crippen LogP contribution is 2.61. The SMILES string of the molecule is CC(C)[C@H]1C=C2CC3(CC[C@@]2(C)[C@H]([Si](C)(C)C)C1)OCCO3. The van der Waals surface area contributed by atoms with E-state index < -0.39 is 8.07 Å². The Morgan fingerprint density at radius 1 is 1.14 bits per heavy atom. The summed E-state index contributed by atoms with van der Waals surface area (Å²) in [7, 11) is -1.20. The molecule has 1 heterocycles.